The van der Waals surface area contributed by atoms with E-state index in [1.807, 2.05) is 24.3 Å². The summed E-state index contributed by atoms with van der Waals surface area (Å²) in [6.07, 6.45) is 6.06. The highest BCUT2D eigenvalue weighted by Gasteiger charge is 2.25. The van der Waals surface area contributed by atoms with Crippen LogP contribution in [0.5, 0.6) is 5.75 Å². The molecule has 5 nitrogen and oxygen atoms in total. The number of aromatic nitrogens is 1. The van der Waals surface area contributed by atoms with E-state index in [0.717, 1.165) is 50.3 Å². The van der Waals surface area contributed by atoms with Gasteiger partial charge in [0.05, 0.1) is 0 Å². The summed E-state index contributed by atoms with van der Waals surface area (Å²) in [5.41, 5.74) is 1.87. The first-order chi connectivity index (χ1) is 12.7. The van der Waals surface area contributed by atoms with Gasteiger partial charge < -0.3 is 15.0 Å². The predicted molar refractivity (Wildman–Crippen MR) is 102 cm³/mol. The predicted octanol–water partition coefficient (Wildman–Crippen LogP) is 3.33. The number of para-hydroxylation sites is 1. The van der Waals surface area contributed by atoms with Crippen LogP contribution in [0.15, 0.2) is 42.6 Å². The van der Waals surface area contributed by atoms with Crippen molar-refractivity contribution in [3.63, 3.8) is 0 Å². The largest absolute Gasteiger partial charge is 0.490 e. The average Bonchev–Trinajstić information content (AvgIpc) is 3.48. The van der Waals surface area contributed by atoms with Gasteiger partial charge in [-0.1, -0.05) is 18.2 Å². The highest BCUT2D eigenvalue weighted by Crippen LogP contribution is 2.25. The molecular weight excluding hydrogens is 326 g/mol. The lowest BCUT2D eigenvalue weighted by atomic mass is 10.1. The summed E-state index contributed by atoms with van der Waals surface area (Å²) in [7, 11) is 0. The zero-order valence-electron chi connectivity index (χ0n) is 15.1. The van der Waals surface area contributed by atoms with Crippen molar-refractivity contribution in [3.05, 3.63) is 53.7 Å². The van der Waals surface area contributed by atoms with Crippen LogP contribution in [0, 0.1) is 6.92 Å². The van der Waals surface area contributed by atoms with E-state index in [4.69, 9.17) is 4.74 Å². The molecule has 1 N–H and O–H groups in total. The van der Waals surface area contributed by atoms with Crippen LogP contribution in [-0.4, -0.2) is 36.1 Å². The summed E-state index contributed by atoms with van der Waals surface area (Å²) < 4.78 is 6.17. The van der Waals surface area contributed by atoms with Gasteiger partial charge in [-0.05, 0) is 43.5 Å². The number of hydrogen-bond donors (Lipinski definition) is 1. The van der Waals surface area contributed by atoms with Gasteiger partial charge in [0.2, 0.25) is 0 Å². The number of amides is 1. The van der Waals surface area contributed by atoms with Gasteiger partial charge in [-0.25, -0.2) is 4.98 Å². The van der Waals surface area contributed by atoms with E-state index in [-0.39, 0.29) is 12.0 Å². The quantitative estimate of drug-likeness (QED) is 0.898. The van der Waals surface area contributed by atoms with Gasteiger partial charge in [-0.3, -0.25) is 4.79 Å². The number of piperidine rings is 1. The van der Waals surface area contributed by atoms with Crippen LogP contribution < -0.4 is 15.0 Å². The number of hydrogen-bond acceptors (Lipinski definition) is 4. The molecule has 2 aliphatic rings. The molecule has 1 aliphatic heterocycles. The van der Waals surface area contributed by atoms with E-state index >= 15 is 0 Å². The van der Waals surface area contributed by atoms with Crippen molar-refractivity contribution in [2.75, 3.05) is 18.0 Å². The molecule has 2 fully saturated rings. The van der Waals surface area contributed by atoms with E-state index in [2.05, 4.69) is 28.2 Å². The minimum Gasteiger partial charge on any atom is -0.490 e. The third-order valence-electron chi connectivity index (χ3n) is 5.07. The van der Waals surface area contributed by atoms with Gasteiger partial charge in [0.25, 0.3) is 5.91 Å². The Balaban J connectivity index is 1.35. The lowest BCUT2D eigenvalue weighted by molar-refractivity contribution is 0.0951. The first-order valence-electron chi connectivity index (χ1n) is 9.43. The fourth-order valence-electron chi connectivity index (χ4n) is 3.30. The molecule has 0 unspecified atom stereocenters. The van der Waals surface area contributed by atoms with Crippen LogP contribution in [0.2, 0.25) is 0 Å². The Morgan fingerprint density at radius 2 is 1.92 bits per heavy atom. The Labute approximate surface area is 154 Å². The van der Waals surface area contributed by atoms with Crippen molar-refractivity contribution in [3.8, 4) is 5.75 Å². The normalized spacial score (nSPS) is 17.8. The number of carbonyl (C=O) groups excluding carboxylic acids is 1. The fourth-order valence-corrected chi connectivity index (χ4v) is 3.30. The highest BCUT2D eigenvalue weighted by molar-refractivity contribution is 5.95. The first kappa shape index (κ1) is 16.9. The molecule has 1 saturated heterocycles. The van der Waals surface area contributed by atoms with Crippen molar-refractivity contribution >= 4 is 11.7 Å². The van der Waals surface area contributed by atoms with Crippen molar-refractivity contribution in [1.82, 2.24) is 10.3 Å². The lowest BCUT2D eigenvalue weighted by Gasteiger charge is -2.33. The van der Waals surface area contributed by atoms with Crippen molar-refractivity contribution in [2.24, 2.45) is 0 Å². The lowest BCUT2D eigenvalue weighted by Crippen LogP contribution is -2.39. The number of nitrogens with zero attached hydrogens (tertiary/aromatic N) is 2. The van der Waals surface area contributed by atoms with E-state index < -0.39 is 0 Å². The molecule has 2 aromatic rings. The van der Waals surface area contributed by atoms with Crippen LogP contribution in [0.3, 0.4) is 0 Å². The summed E-state index contributed by atoms with van der Waals surface area (Å²) >= 11 is 0. The highest BCUT2D eigenvalue weighted by atomic mass is 16.5. The van der Waals surface area contributed by atoms with Gasteiger partial charge in [-0.2, -0.15) is 0 Å². The maximum atomic E-state index is 12.2. The topological polar surface area (TPSA) is 54.5 Å². The van der Waals surface area contributed by atoms with E-state index in [1.54, 1.807) is 12.3 Å². The number of carbonyl (C=O) groups is 1. The second-order valence-corrected chi connectivity index (χ2v) is 7.22. The minimum absolute atomic E-state index is 0.00826. The summed E-state index contributed by atoms with van der Waals surface area (Å²) in [6.45, 7) is 3.85. The Morgan fingerprint density at radius 1 is 1.15 bits per heavy atom. The maximum absolute atomic E-state index is 12.2. The SMILES string of the molecule is Cc1ccccc1OC1CCN(c2cc(C(=O)NC3CC3)ccn2)CC1. The summed E-state index contributed by atoms with van der Waals surface area (Å²) in [6, 6.07) is 12.2. The Kier molecular flexibility index (Phi) is 4.78. The van der Waals surface area contributed by atoms with Crippen LogP contribution in [0.1, 0.15) is 41.6 Å². The van der Waals surface area contributed by atoms with E-state index in [9.17, 15) is 4.79 Å². The van der Waals surface area contributed by atoms with Gasteiger partial charge >= 0.3 is 0 Å². The molecular formula is C21H25N3O2. The number of ether oxygens (including phenoxy) is 1. The molecule has 0 spiro atoms. The second-order valence-electron chi connectivity index (χ2n) is 7.22. The average molecular weight is 351 g/mol. The molecule has 1 aliphatic carbocycles. The van der Waals surface area contributed by atoms with Crippen LogP contribution in [0.4, 0.5) is 5.82 Å². The summed E-state index contributed by atoms with van der Waals surface area (Å²) in [5, 5.41) is 3.03. The molecule has 1 amide bonds. The first-order valence-corrected chi connectivity index (χ1v) is 9.43. The number of nitrogens with one attached hydrogen (secondary N) is 1. The molecule has 1 aromatic heterocycles. The Hall–Kier alpha value is -2.56. The van der Waals surface area contributed by atoms with Gasteiger partial charge in [0.15, 0.2) is 0 Å². The van der Waals surface area contributed by atoms with Gasteiger partial charge in [0, 0.05) is 43.7 Å². The Morgan fingerprint density at radius 3 is 2.65 bits per heavy atom. The number of benzene rings is 1. The van der Waals surface area contributed by atoms with Crippen LogP contribution in [0.25, 0.3) is 0 Å². The van der Waals surface area contributed by atoms with Crippen molar-refractivity contribution < 1.29 is 9.53 Å². The molecule has 1 saturated carbocycles. The zero-order valence-corrected chi connectivity index (χ0v) is 15.1. The third kappa shape index (κ3) is 3.98. The molecule has 5 heteroatoms. The third-order valence-corrected chi connectivity index (χ3v) is 5.07. The van der Waals surface area contributed by atoms with Crippen molar-refractivity contribution in [2.45, 2.75) is 44.8 Å². The minimum atomic E-state index is 0.00826. The monoisotopic (exact) mass is 351 g/mol. The fraction of sp³-hybridized carbons (Fsp3) is 0.429. The molecule has 1 aromatic carbocycles. The second kappa shape index (κ2) is 7.36. The van der Waals surface area contributed by atoms with E-state index in [1.165, 1.54) is 5.56 Å². The molecule has 0 radical (unpaired) electrons. The molecule has 26 heavy (non-hydrogen) atoms. The van der Waals surface area contributed by atoms with Gasteiger partial charge in [-0.15, -0.1) is 0 Å². The number of rotatable bonds is 5. The van der Waals surface area contributed by atoms with Crippen molar-refractivity contribution in [1.29, 1.82) is 0 Å². The molecule has 2 heterocycles. The molecule has 0 bridgehead atoms. The standard InChI is InChI=1S/C21H25N3O2/c1-15-4-2-3-5-19(15)26-18-9-12-24(13-10-18)20-14-16(8-11-22-20)21(25)23-17-6-7-17/h2-5,8,11,14,17-18H,6-7,9-10,12-13H2,1H3,(H,23,25). The van der Waals surface area contributed by atoms with E-state index in [0.29, 0.717) is 11.6 Å². The number of anilines is 1. The van der Waals surface area contributed by atoms with Gasteiger partial charge in [0.1, 0.15) is 17.7 Å². The van der Waals surface area contributed by atoms with Crippen LogP contribution in [-0.2, 0) is 0 Å². The number of aryl methyl sites for hydroxylation is 1. The number of pyridine rings is 1. The summed E-state index contributed by atoms with van der Waals surface area (Å²) in [4.78, 5) is 19.0. The smallest absolute Gasteiger partial charge is 0.251 e. The van der Waals surface area contributed by atoms with Crippen LogP contribution >= 0.6 is 0 Å². The Bertz CT molecular complexity index is 780. The maximum Gasteiger partial charge on any atom is 0.251 e. The molecule has 4 rings (SSSR count). The zero-order chi connectivity index (χ0) is 17.9. The summed E-state index contributed by atoms with van der Waals surface area (Å²) in [5.74, 6) is 1.86. The molecule has 136 valence electrons. The molecule has 0 atom stereocenters.